The SMILES string of the molecule is C[C@@H]1CN([C@H](C)CO)C(=O)c2cc(/C=C/c3ccccc3)cnc2O[C@H]1CN(C)C(=O)Nc1ccccc1F. The van der Waals surface area contributed by atoms with Crippen molar-refractivity contribution >= 4 is 29.8 Å². The zero-order chi connectivity index (χ0) is 27.9. The number of carbonyl (C=O) groups excluding carboxylic acids is 2. The van der Waals surface area contributed by atoms with Gasteiger partial charge in [-0.2, -0.15) is 0 Å². The Morgan fingerprint density at radius 1 is 1.21 bits per heavy atom. The maximum absolute atomic E-state index is 14.0. The van der Waals surface area contributed by atoms with E-state index in [1.165, 1.54) is 17.0 Å². The van der Waals surface area contributed by atoms with E-state index in [9.17, 15) is 19.1 Å². The van der Waals surface area contributed by atoms with Crippen molar-refractivity contribution in [2.75, 3.05) is 32.1 Å². The molecule has 4 rings (SSSR count). The van der Waals surface area contributed by atoms with E-state index in [2.05, 4.69) is 10.3 Å². The van der Waals surface area contributed by atoms with Crippen LogP contribution in [0.3, 0.4) is 0 Å². The second-order valence-corrected chi connectivity index (χ2v) is 9.78. The van der Waals surface area contributed by atoms with E-state index in [4.69, 9.17) is 4.74 Å². The second-order valence-electron chi connectivity index (χ2n) is 9.78. The van der Waals surface area contributed by atoms with Gasteiger partial charge in [-0.25, -0.2) is 14.2 Å². The Labute approximate surface area is 227 Å². The highest BCUT2D eigenvalue weighted by Gasteiger charge is 2.34. The number of anilines is 1. The molecular weight excluding hydrogens is 499 g/mol. The molecule has 3 amide bonds. The molecule has 204 valence electrons. The number of urea groups is 1. The number of rotatable bonds is 7. The quantitative estimate of drug-likeness (QED) is 0.457. The summed E-state index contributed by atoms with van der Waals surface area (Å²) in [5.74, 6) is -0.868. The highest BCUT2D eigenvalue weighted by molar-refractivity contribution is 5.97. The molecule has 39 heavy (non-hydrogen) atoms. The van der Waals surface area contributed by atoms with Crippen LogP contribution in [0.1, 0.15) is 35.3 Å². The maximum atomic E-state index is 14.0. The molecule has 2 aromatic carbocycles. The molecule has 9 heteroatoms. The van der Waals surface area contributed by atoms with E-state index >= 15 is 0 Å². The Hall–Kier alpha value is -4.24. The van der Waals surface area contributed by atoms with E-state index in [1.54, 1.807) is 43.3 Å². The predicted molar refractivity (Wildman–Crippen MR) is 149 cm³/mol. The van der Waals surface area contributed by atoms with Crippen LogP contribution in [0.4, 0.5) is 14.9 Å². The van der Waals surface area contributed by atoms with Gasteiger partial charge in [0.1, 0.15) is 17.5 Å². The third kappa shape index (κ3) is 6.80. The standard InChI is InChI=1S/C30H33FN4O4/c1-20-17-35(21(2)19-36)29(37)24-15-23(14-13-22-9-5-4-6-10-22)16-32-28(24)39-27(20)18-34(3)30(38)33-26-12-8-7-11-25(26)31/h4-16,20-21,27,36H,17-19H2,1-3H3,(H,33,38)/b14-13+/t20-,21-,27+/m1/s1. The molecule has 3 aromatic rings. The van der Waals surface area contributed by atoms with Crippen molar-refractivity contribution in [3.05, 3.63) is 89.4 Å². The molecule has 1 aromatic heterocycles. The lowest BCUT2D eigenvalue weighted by Crippen LogP contribution is -2.50. The van der Waals surface area contributed by atoms with Gasteiger partial charge in [0.05, 0.1) is 24.9 Å². The topological polar surface area (TPSA) is 95.0 Å². The van der Waals surface area contributed by atoms with Crippen LogP contribution in [0.25, 0.3) is 12.2 Å². The molecule has 0 unspecified atom stereocenters. The van der Waals surface area contributed by atoms with Gasteiger partial charge in [0, 0.05) is 25.7 Å². The number of hydrogen-bond acceptors (Lipinski definition) is 5. The van der Waals surface area contributed by atoms with Crippen molar-refractivity contribution in [3.8, 4) is 5.88 Å². The summed E-state index contributed by atoms with van der Waals surface area (Å²) in [4.78, 5) is 33.9. The van der Waals surface area contributed by atoms with Gasteiger partial charge in [-0.3, -0.25) is 4.79 Å². The van der Waals surface area contributed by atoms with Gasteiger partial charge < -0.3 is 25.0 Å². The van der Waals surface area contributed by atoms with Crippen LogP contribution in [0.15, 0.2) is 66.9 Å². The summed E-state index contributed by atoms with van der Waals surface area (Å²) in [6.07, 6.45) is 4.90. The van der Waals surface area contributed by atoms with Crippen LogP contribution in [0, 0.1) is 11.7 Å². The number of benzene rings is 2. The number of carbonyl (C=O) groups is 2. The number of aliphatic hydroxyl groups excluding tert-OH is 1. The third-order valence-electron chi connectivity index (χ3n) is 6.73. The predicted octanol–water partition coefficient (Wildman–Crippen LogP) is 4.78. The Bertz CT molecular complexity index is 1330. The molecular formula is C30H33FN4O4. The van der Waals surface area contributed by atoms with Crippen LogP contribution >= 0.6 is 0 Å². The maximum Gasteiger partial charge on any atom is 0.321 e. The number of pyridine rings is 1. The Balaban J connectivity index is 1.59. The van der Waals surface area contributed by atoms with E-state index in [0.717, 1.165) is 11.1 Å². The number of fused-ring (bicyclic) bond motifs is 1. The molecule has 0 radical (unpaired) electrons. The molecule has 1 aliphatic heterocycles. The molecule has 0 saturated carbocycles. The summed E-state index contributed by atoms with van der Waals surface area (Å²) in [5, 5.41) is 12.4. The van der Waals surface area contributed by atoms with Crippen molar-refractivity contribution in [2.45, 2.75) is 26.0 Å². The normalized spacial score (nSPS) is 18.1. The van der Waals surface area contributed by atoms with E-state index < -0.39 is 24.0 Å². The lowest BCUT2D eigenvalue weighted by Gasteiger charge is -2.37. The number of aliphatic hydroxyl groups is 1. The minimum Gasteiger partial charge on any atom is -0.472 e. The molecule has 2 N–H and O–H groups in total. The fraction of sp³-hybridized carbons (Fsp3) is 0.300. The van der Waals surface area contributed by atoms with Crippen LogP contribution in [0.2, 0.25) is 0 Å². The van der Waals surface area contributed by atoms with Crippen molar-refractivity contribution in [1.82, 2.24) is 14.8 Å². The zero-order valence-electron chi connectivity index (χ0n) is 22.3. The monoisotopic (exact) mass is 532 g/mol. The van der Waals surface area contributed by atoms with Crippen molar-refractivity contribution in [1.29, 1.82) is 0 Å². The number of hydrogen-bond donors (Lipinski definition) is 2. The minimum absolute atomic E-state index is 0.0811. The van der Waals surface area contributed by atoms with E-state index in [0.29, 0.717) is 6.54 Å². The molecule has 0 bridgehead atoms. The molecule has 0 spiro atoms. The van der Waals surface area contributed by atoms with Gasteiger partial charge in [-0.05, 0) is 36.2 Å². The summed E-state index contributed by atoms with van der Waals surface area (Å²) in [6.45, 7) is 3.96. The first-order chi connectivity index (χ1) is 18.8. The molecule has 0 aliphatic carbocycles. The summed E-state index contributed by atoms with van der Waals surface area (Å²) in [6, 6.07) is 16.5. The van der Waals surface area contributed by atoms with Gasteiger partial charge in [-0.15, -0.1) is 0 Å². The van der Waals surface area contributed by atoms with Crippen LogP contribution in [-0.4, -0.2) is 70.7 Å². The fourth-order valence-electron chi connectivity index (χ4n) is 4.31. The Morgan fingerprint density at radius 2 is 1.90 bits per heavy atom. The number of halogens is 1. The Morgan fingerprint density at radius 3 is 2.62 bits per heavy atom. The zero-order valence-corrected chi connectivity index (χ0v) is 22.3. The number of nitrogens with one attached hydrogen (secondary N) is 1. The van der Waals surface area contributed by atoms with E-state index in [1.807, 2.05) is 49.4 Å². The molecule has 3 atom stereocenters. The smallest absolute Gasteiger partial charge is 0.321 e. The first kappa shape index (κ1) is 27.8. The number of ether oxygens (including phenoxy) is 1. The number of para-hydroxylation sites is 1. The first-order valence-electron chi connectivity index (χ1n) is 12.8. The average Bonchev–Trinajstić information content (AvgIpc) is 2.95. The number of amides is 3. The lowest BCUT2D eigenvalue weighted by atomic mass is 10.00. The van der Waals surface area contributed by atoms with Crippen molar-refractivity contribution in [2.24, 2.45) is 5.92 Å². The number of likely N-dealkylation sites (N-methyl/N-ethyl adjacent to an activating group) is 1. The molecule has 8 nitrogen and oxygen atoms in total. The van der Waals surface area contributed by atoms with E-state index in [-0.39, 0.29) is 42.1 Å². The van der Waals surface area contributed by atoms with Gasteiger partial charge in [0.2, 0.25) is 5.88 Å². The fourth-order valence-corrected chi connectivity index (χ4v) is 4.31. The number of nitrogens with zero attached hydrogens (tertiary/aromatic N) is 3. The Kier molecular flexibility index (Phi) is 8.93. The highest BCUT2D eigenvalue weighted by Crippen LogP contribution is 2.28. The van der Waals surface area contributed by atoms with Crippen LogP contribution in [0.5, 0.6) is 5.88 Å². The summed E-state index contributed by atoms with van der Waals surface area (Å²) in [5.41, 5.74) is 2.09. The van der Waals surface area contributed by atoms with Crippen LogP contribution in [-0.2, 0) is 0 Å². The van der Waals surface area contributed by atoms with Crippen molar-refractivity contribution < 1.29 is 23.8 Å². The largest absolute Gasteiger partial charge is 0.472 e. The minimum atomic E-state index is -0.530. The molecule has 1 aliphatic rings. The van der Waals surface area contributed by atoms with Gasteiger partial charge in [0.25, 0.3) is 5.91 Å². The van der Waals surface area contributed by atoms with Crippen molar-refractivity contribution in [3.63, 3.8) is 0 Å². The van der Waals surface area contributed by atoms with Gasteiger partial charge in [0.15, 0.2) is 0 Å². The summed E-state index contributed by atoms with van der Waals surface area (Å²) < 4.78 is 20.3. The lowest BCUT2D eigenvalue weighted by molar-refractivity contribution is 0.0356. The first-order valence-corrected chi connectivity index (χ1v) is 12.8. The average molecular weight is 533 g/mol. The molecule has 2 heterocycles. The third-order valence-corrected chi connectivity index (χ3v) is 6.73. The van der Waals surface area contributed by atoms with Gasteiger partial charge in [-0.1, -0.05) is 61.5 Å². The molecule has 0 saturated heterocycles. The second kappa shape index (κ2) is 12.5. The number of aromatic nitrogens is 1. The van der Waals surface area contributed by atoms with Gasteiger partial charge >= 0.3 is 6.03 Å². The molecule has 0 fully saturated rings. The highest BCUT2D eigenvalue weighted by atomic mass is 19.1. The van der Waals surface area contributed by atoms with Crippen LogP contribution < -0.4 is 10.1 Å². The summed E-state index contributed by atoms with van der Waals surface area (Å²) >= 11 is 0. The summed E-state index contributed by atoms with van der Waals surface area (Å²) in [7, 11) is 1.59.